The maximum atomic E-state index is 12.8. The highest BCUT2D eigenvalue weighted by molar-refractivity contribution is 7.08. The van der Waals surface area contributed by atoms with Crippen molar-refractivity contribution in [2.45, 2.75) is 32.0 Å². The summed E-state index contributed by atoms with van der Waals surface area (Å²) in [5, 5.41) is 6.74. The molecule has 174 valence electrons. The Morgan fingerprint density at radius 1 is 1.12 bits per heavy atom. The summed E-state index contributed by atoms with van der Waals surface area (Å²) in [5.41, 5.74) is 2.60. The van der Waals surface area contributed by atoms with Crippen LogP contribution in [0, 0.1) is 5.92 Å². The maximum Gasteiger partial charge on any atom is 0.391 e. The zero-order valence-electron chi connectivity index (χ0n) is 17.6. The molecule has 1 saturated heterocycles. The van der Waals surface area contributed by atoms with Gasteiger partial charge in [-0.15, -0.1) is 0 Å². The molecule has 2 amide bonds. The first kappa shape index (κ1) is 23.0. The van der Waals surface area contributed by atoms with E-state index in [0.29, 0.717) is 18.5 Å². The molecule has 1 fully saturated rings. The van der Waals surface area contributed by atoms with E-state index in [4.69, 9.17) is 4.42 Å². The number of aromatic nitrogens is 1. The van der Waals surface area contributed by atoms with Gasteiger partial charge in [0.15, 0.2) is 5.69 Å². The smallest absolute Gasteiger partial charge is 0.391 e. The van der Waals surface area contributed by atoms with Crippen LogP contribution in [-0.2, 0) is 17.8 Å². The summed E-state index contributed by atoms with van der Waals surface area (Å²) in [6, 6.07) is 9.12. The average Bonchev–Trinajstić information content (AvgIpc) is 3.49. The molecule has 3 heterocycles. The lowest BCUT2D eigenvalue weighted by Crippen LogP contribution is -2.42. The van der Waals surface area contributed by atoms with Gasteiger partial charge in [0.1, 0.15) is 6.26 Å². The molecular weight excluding hydrogens is 455 g/mol. The zero-order chi connectivity index (χ0) is 23.4. The minimum absolute atomic E-state index is 0.0397. The molecule has 0 bridgehead atoms. The lowest BCUT2D eigenvalue weighted by Gasteiger charge is -2.32. The van der Waals surface area contributed by atoms with E-state index in [1.807, 2.05) is 29.0 Å². The average molecular weight is 478 g/mol. The first-order chi connectivity index (χ1) is 15.8. The Hall–Kier alpha value is -3.14. The van der Waals surface area contributed by atoms with Gasteiger partial charge in [-0.25, -0.2) is 4.98 Å². The number of rotatable bonds is 6. The van der Waals surface area contributed by atoms with Gasteiger partial charge in [-0.05, 0) is 52.9 Å². The number of halogens is 3. The molecule has 1 aliphatic heterocycles. The number of benzene rings is 1. The molecule has 1 aromatic carbocycles. The van der Waals surface area contributed by atoms with Crippen molar-refractivity contribution in [2.75, 3.05) is 13.1 Å². The number of carbonyl (C=O) groups excluding carboxylic acids is 2. The second-order valence-electron chi connectivity index (χ2n) is 7.93. The van der Waals surface area contributed by atoms with Crippen LogP contribution in [0.2, 0.25) is 0 Å². The number of likely N-dealkylation sites (tertiary alicyclic amines) is 1. The van der Waals surface area contributed by atoms with E-state index in [-0.39, 0.29) is 43.4 Å². The number of carbonyl (C=O) groups is 2. The Balaban J connectivity index is 1.31. The third kappa shape index (κ3) is 5.81. The van der Waals surface area contributed by atoms with E-state index < -0.39 is 18.0 Å². The Kier molecular flexibility index (Phi) is 6.83. The maximum absolute atomic E-state index is 12.8. The van der Waals surface area contributed by atoms with Crippen LogP contribution in [0.5, 0.6) is 0 Å². The number of nitrogens with zero attached hydrogens (tertiary/aromatic N) is 2. The van der Waals surface area contributed by atoms with Crippen molar-refractivity contribution in [2.24, 2.45) is 5.92 Å². The molecule has 10 heteroatoms. The van der Waals surface area contributed by atoms with Gasteiger partial charge in [0.25, 0.3) is 5.91 Å². The highest BCUT2D eigenvalue weighted by Gasteiger charge is 2.42. The van der Waals surface area contributed by atoms with Gasteiger partial charge in [0.05, 0.1) is 12.3 Å². The number of nitrogens with one attached hydrogen (secondary N) is 1. The van der Waals surface area contributed by atoms with E-state index in [0.717, 1.165) is 11.1 Å². The zero-order valence-corrected chi connectivity index (χ0v) is 18.4. The highest BCUT2D eigenvalue weighted by Crippen LogP contribution is 2.34. The molecule has 0 saturated carbocycles. The Labute approximate surface area is 192 Å². The molecule has 2 aromatic heterocycles. The number of amides is 2. The first-order valence-electron chi connectivity index (χ1n) is 10.5. The van der Waals surface area contributed by atoms with Crippen LogP contribution in [0.4, 0.5) is 13.2 Å². The summed E-state index contributed by atoms with van der Waals surface area (Å²) in [6.45, 7) is 0.461. The predicted molar refractivity (Wildman–Crippen MR) is 116 cm³/mol. The second-order valence-corrected chi connectivity index (χ2v) is 8.71. The van der Waals surface area contributed by atoms with E-state index in [1.165, 1.54) is 11.2 Å². The van der Waals surface area contributed by atoms with Crippen LogP contribution < -0.4 is 5.32 Å². The number of hydrogen-bond donors (Lipinski definition) is 1. The number of oxazole rings is 1. The van der Waals surface area contributed by atoms with Crippen molar-refractivity contribution < 1.29 is 27.2 Å². The molecule has 6 nitrogen and oxygen atoms in total. The van der Waals surface area contributed by atoms with Gasteiger partial charge < -0.3 is 14.6 Å². The van der Waals surface area contributed by atoms with E-state index in [9.17, 15) is 22.8 Å². The summed E-state index contributed by atoms with van der Waals surface area (Å²) in [6.07, 6.45) is -2.87. The van der Waals surface area contributed by atoms with Crippen LogP contribution in [-0.4, -0.2) is 41.0 Å². The lowest BCUT2D eigenvalue weighted by molar-refractivity contribution is -0.183. The van der Waals surface area contributed by atoms with Crippen molar-refractivity contribution in [1.82, 2.24) is 15.2 Å². The van der Waals surface area contributed by atoms with Gasteiger partial charge in [0, 0.05) is 25.2 Å². The van der Waals surface area contributed by atoms with Gasteiger partial charge in [-0.3, -0.25) is 9.59 Å². The molecule has 0 spiro atoms. The normalized spacial score (nSPS) is 14.9. The molecule has 4 rings (SSSR count). The monoisotopic (exact) mass is 477 g/mol. The lowest BCUT2D eigenvalue weighted by atomic mass is 9.96. The second kappa shape index (κ2) is 9.78. The van der Waals surface area contributed by atoms with Crippen molar-refractivity contribution in [3.63, 3.8) is 0 Å². The summed E-state index contributed by atoms with van der Waals surface area (Å²) in [7, 11) is 0. The van der Waals surface area contributed by atoms with Crippen LogP contribution in [0.15, 0.2) is 51.8 Å². The summed E-state index contributed by atoms with van der Waals surface area (Å²) in [4.78, 5) is 30.2. The van der Waals surface area contributed by atoms with Crippen LogP contribution in [0.1, 0.15) is 34.5 Å². The third-order valence-corrected chi connectivity index (χ3v) is 6.34. The Morgan fingerprint density at radius 2 is 1.85 bits per heavy atom. The minimum Gasteiger partial charge on any atom is -0.444 e. The van der Waals surface area contributed by atoms with Crippen molar-refractivity contribution in [3.05, 3.63) is 64.2 Å². The molecule has 0 unspecified atom stereocenters. The summed E-state index contributed by atoms with van der Waals surface area (Å²) >= 11 is 1.55. The standard InChI is InChI=1S/C23H22F3N3O3S/c24-23(25,26)18-5-8-29(9-6-18)22(31)19-13-32-21(28-19)17-3-1-15(2-4-17)12-27-20(30)11-16-7-10-33-14-16/h1-4,7,10,13-14,18H,5-6,8-9,11-12H2,(H,27,30). The largest absolute Gasteiger partial charge is 0.444 e. The fourth-order valence-corrected chi connectivity index (χ4v) is 4.35. The third-order valence-electron chi connectivity index (χ3n) is 5.60. The van der Waals surface area contributed by atoms with Gasteiger partial charge in [-0.2, -0.15) is 24.5 Å². The van der Waals surface area contributed by atoms with Gasteiger partial charge >= 0.3 is 6.18 Å². The first-order valence-corrected chi connectivity index (χ1v) is 11.4. The quantitative estimate of drug-likeness (QED) is 0.560. The Morgan fingerprint density at radius 3 is 2.48 bits per heavy atom. The molecular formula is C23H22F3N3O3S. The summed E-state index contributed by atoms with van der Waals surface area (Å²) < 4.78 is 43.9. The van der Waals surface area contributed by atoms with Crippen molar-refractivity contribution in [3.8, 4) is 11.5 Å². The van der Waals surface area contributed by atoms with Crippen molar-refractivity contribution >= 4 is 23.2 Å². The molecule has 1 aliphatic rings. The van der Waals surface area contributed by atoms with Crippen LogP contribution in [0.25, 0.3) is 11.5 Å². The van der Waals surface area contributed by atoms with E-state index >= 15 is 0 Å². The molecule has 0 radical (unpaired) electrons. The topological polar surface area (TPSA) is 75.4 Å². The predicted octanol–water partition coefficient (Wildman–Crippen LogP) is 4.68. The van der Waals surface area contributed by atoms with Gasteiger partial charge in [-0.1, -0.05) is 12.1 Å². The van der Waals surface area contributed by atoms with E-state index in [2.05, 4.69) is 10.3 Å². The Bertz CT molecular complexity index is 1090. The SMILES string of the molecule is O=C(Cc1ccsc1)NCc1ccc(-c2nc(C(=O)N3CCC(C(F)(F)F)CC3)co2)cc1. The molecule has 3 aromatic rings. The van der Waals surface area contributed by atoms with Crippen LogP contribution in [0.3, 0.4) is 0 Å². The molecule has 33 heavy (non-hydrogen) atoms. The van der Waals surface area contributed by atoms with Crippen LogP contribution >= 0.6 is 11.3 Å². The number of piperidine rings is 1. The number of alkyl halides is 3. The number of hydrogen-bond acceptors (Lipinski definition) is 5. The molecule has 0 atom stereocenters. The summed E-state index contributed by atoms with van der Waals surface area (Å²) in [5.74, 6) is -1.62. The fraction of sp³-hybridized carbons (Fsp3) is 0.348. The number of thiophene rings is 1. The highest BCUT2D eigenvalue weighted by atomic mass is 32.1. The minimum atomic E-state index is -4.23. The van der Waals surface area contributed by atoms with Crippen molar-refractivity contribution in [1.29, 1.82) is 0 Å². The molecule has 0 aliphatic carbocycles. The van der Waals surface area contributed by atoms with E-state index in [1.54, 1.807) is 23.5 Å². The van der Waals surface area contributed by atoms with Gasteiger partial charge in [0.2, 0.25) is 11.8 Å². The fourth-order valence-electron chi connectivity index (χ4n) is 3.68. The molecule has 1 N–H and O–H groups in total.